The molecule has 0 bridgehead atoms. The van der Waals surface area contributed by atoms with E-state index in [1.165, 1.54) is 0 Å². The zero-order valence-electron chi connectivity index (χ0n) is 18.7. The van der Waals surface area contributed by atoms with E-state index >= 15 is 0 Å². The normalized spacial score (nSPS) is 15.0. The molecule has 9 heteroatoms. The molecule has 1 unspecified atom stereocenters. The summed E-state index contributed by atoms with van der Waals surface area (Å²) in [5.41, 5.74) is 1.71. The molecule has 1 heterocycles. The maximum absolute atomic E-state index is 12.6. The van der Waals surface area contributed by atoms with Crippen LogP contribution in [0.4, 0.5) is 5.69 Å². The lowest BCUT2D eigenvalue weighted by Gasteiger charge is -2.27. The van der Waals surface area contributed by atoms with Crippen molar-refractivity contribution in [2.75, 3.05) is 38.3 Å². The number of thioether (sulfide) groups is 1. The smallest absolute Gasteiger partial charge is 0.225 e. The highest BCUT2D eigenvalue weighted by Crippen LogP contribution is 2.54. The largest absolute Gasteiger partial charge is 0.497 e. The first-order chi connectivity index (χ1) is 14.8. The van der Waals surface area contributed by atoms with E-state index in [4.69, 9.17) is 21.1 Å². The van der Waals surface area contributed by atoms with E-state index in [9.17, 15) is 9.90 Å². The van der Waals surface area contributed by atoms with E-state index in [0.29, 0.717) is 42.3 Å². The SMILES string of the molecule is COc1ccc(OCCN(CCO)C(C)C)c(C2Sc3cc(Cl)ccc3N2C(C)=O)c1.Cl. The highest BCUT2D eigenvalue weighted by molar-refractivity contribution is 8.00. The summed E-state index contributed by atoms with van der Waals surface area (Å²) >= 11 is 7.76. The molecule has 32 heavy (non-hydrogen) atoms. The standard InChI is InChI=1S/C23H29ClN2O4S.ClH/c1-15(2)25(9-11-27)10-12-30-21-8-6-18(29-4)14-19(21)23-26(16(3)28)20-7-5-17(24)13-22(20)31-23;/h5-8,13-15,23,27H,9-12H2,1-4H3;1H. The molecule has 1 aliphatic heterocycles. The molecular weight excluding hydrogens is 471 g/mol. The predicted octanol–water partition coefficient (Wildman–Crippen LogP) is 5.01. The van der Waals surface area contributed by atoms with Crippen molar-refractivity contribution in [1.29, 1.82) is 0 Å². The fourth-order valence-electron chi connectivity index (χ4n) is 3.63. The molecule has 2 aromatic carbocycles. The van der Waals surface area contributed by atoms with Gasteiger partial charge in [0.1, 0.15) is 23.5 Å². The van der Waals surface area contributed by atoms with Gasteiger partial charge in [-0.15, -0.1) is 12.4 Å². The molecule has 0 spiro atoms. The number of aliphatic hydroxyl groups excluding tert-OH is 1. The molecule has 0 aliphatic carbocycles. The van der Waals surface area contributed by atoms with E-state index in [0.717, 1.165) is 16.1 Å². The van der Waals surface area contributed by atoms with Crippen LogP contribution in [0.3, 0.4) is 0 Å². The van der Waals surface area contributed by atoms with E-state index in [-0.39, 0.29) is 30.3 Å². The van der Waals surface area contributed by atoms with Gasteiger partial charge in [0.25, 0.3) is 0 Å². The molecular formula is C23H30Cl2N2O4S. The number of fused-ring (bicyclic) bond motifs is 1. The quantitative estimate of drug-likeness (QED) is 0.522. The number of amides is 1. The number of hydrogen-bond acceptors (Lipinski definition) is 6. The third-order valence-corrected chi connectivity index (χ3v) is 6.73. The lowest BCUT2D eigenvalue weighted by Crippen LogP contribution is -2.36. The summed E-state index contributed by atoms with van der Waals surface area (Å²) in [5.74, 6) is 1.35. The highest BCUT2D eigenvalue weighted by Gasteiger charge is 2.36. The molecule has 0 saturated carbocycles. The number of benzene rings is 2. The van der Waals surface area contributed by atoms with E-state index in [1.807, 2.05) is 30.3 Å². The molecule has 1 aliphatic rings. The van der Waals surface area contributed by atoms with Gasteiger partial charge in [-0.3, -0.25) is 14.6 Å². The van der Waals surface area contributed by atoms with Gasteiger partial charge in [-0.2, -0.15) is 0 Å². The minimum atomic E-state index is -0.283. The Bertz CT molecular complexity index is 929. The van der Waals surface area contributed by atoms with Crippen molar-refractivity contribution >= 4 is 47.4 Å². The number of carbonyl (C=O) groups excluding carboxylic acids is 1. The summed E-state index contributed by atoms with van der Waals surface area (Å²) in [6.45, 7) is 7.62. The zero-order chi connectivity index (χ0) is 22.5. The van der Waals surface area contributed by atoms with Crippen molar-refractivity contribution in [2.24, 2.45) is 0 Å². The fourth-order valence-corrected chi connectivity index (χ4v) is 5.26. The van der Waals surface area contributed by atoms with Crippen molar-refractivity contribution in [3.63, 3.8) is 0 Å². The molecule has 0 radical (unpaired) electrons. The first-order valence-corrected chi connectivity index (χ1v) is 11.5. The van der Waals surface area contributed by atoms with Gasteiger partial charge in [0, 0.05) is 41.5 Å². The van der Waals surface area contributed by atoms with Gasteiger partial charge >= 0.3 is 0 Å². The second-order valence-electron chi connectivity index (χ2n) is 7.58. The van der Waals surface area contributed by atoms with Crippen molar-refractivity contribution in [3.8, 4) is 11.5 Å². The van der Waals surface area contributed by atoms with E-state index in [2.05, 4.69) is 18.7 Å². The molecule has 1 N–H and O–H groups in total. The van der Waals surface area contributed by atoms with Crippen LogP contribution in [-0.2, 0) is 4.79 Å². The summed E-state index contributed by atoms with van der Waals surface area (Å²) < 4.78 is 11.6. The Morgan fingerprint density at radius 1 is 1.25 bits per heavy atom. The Balaban J connectivity index is 0.00000363. The average molecular weight is 501 g/mol. The second kappa shape index (κ2) is 12.0. The van der Waals surface area contributed by atoms with Gasteiger partial charge < -0.3 is 14.6 Å². The van der Waals surface area contributed by atoms with Crippen molar-refractivity contribution in [3.05, 3.63) is 47.0 Å². The molecule has 0 aromatic heterocycles. The van der Waals surface area contributed by atoms with Gasteiger partial charge in [0.05, 0.1) is 19.4 Å². The summed E-state index contributed by atoms with van der Waals surface area (Å²) in [6.07, 6.45) is 0. The summed E-state index contributed by atoms with van der Waals surface area (Å²) in [7, 11) is 1.62. The van der Waals surface area contributed by atoms with Gasteiger partial charge in [-0.1, -0.05) is 23.4 Å². The third kappa shape index (κ3) is 6.02. The molecule has 6 nitrogen and oxygen atoms in total. The van der Waals surface area contributed by atoms with Crippen LogP contribution < -0.4 is 14.4 Å². The lowest BCUT2D eigenvalue weighted by atomic mass is 10.1. The van der Waals surface area contributed by atoms with Gasteiger partial charge in [-0.25, -0.2) is 0 Å². The fraction of sp³-hybridized carbons (Fsp3) is 0.435. The van der Waals surface area contributed by atoms with Gasteiger partial charge in [0.2, 0.25) is 5.91 Å². The van der Waals surface area contributed by atoms with Crippen LogP contribution in [0.2, 0.25) is 5.02 Å². The Morgan fingerprint density at radius 3 is 2.62 bits per heavy atom. The Hall–Kier alpha value is -1.64. The van der Waals surface area contributed by atoms with Crippen molar-refractivity contribution < 1.29 is 19.4 Å². The highest BCUT2D eigenvalue weighted by atomic mass is 35.5. The van der Waals surface area contributed by atoms with E-state index < -0.39 is 0 Å². The number of halogens is 2. The number of anilines is 1. The molecule has 0 saturated heterocycles. The topological polar surface area (TPSA) is 62.2 Å². The van der Waals surface area contributed by atoms with Crippen LogP contribution in [-0.4, -0.2) is 55.4 Å². The van der Waals surface area contributed by atoms with Crippen LogP contribution in [0, 0.1) is 0 Å². The van der Waals surface area contributed by atoms with Crippen molar-refractivity contribution in [2.45, 2.75) is 37.1 Å². The molecule has 0 fully saturated rings. The molecule has 2 aromatic rings. The van der Waals surface area contributed by atoms with Crippen LogP contribution >= 0.6 is 35.8 Å². The Kier molecular flexibility index (Phi) is 9.98. The van der Waals surface area contributed by atoms with Gasteiger partial charge in [0.15, 0.2) is 0 Å². The van der Waals surface area contributed by atoms with Crippen LogP contribution in [0.25, 0.3) is 0 Å². The Morgan fingerprint density at radius 2 is 2.00 bits per heavy atom. The van der Waals surface area contributed by atoms with Gasteiger partial charge in [-0.05, 0) is 50.2 Å². The molecule has 1 amide bonds. The maximum atomic E-state index is 12.6. The maximum Gasteiger partial charge on any atom is 0.225 e. The Labute approximate surface area is 205 Å². The lowest BCUT2D eigenvalue weighted by molar-refractivity contribution is -0.116. The number of nitrogens with zero attached hydrogens (tertiary/aromatic N) is 2. The second-order valence-corrected chi connectivity index (χ2v) is 9.14. The minimum absolute atomic E-state index is 0. The number of hydrogen-bond donors (Lipinski definition) is 1. The number of ether oxygens (including phenoxy) is 2. The monoisotopic (exact) mass is 500 g/mol. The van der Waals surface area contributed by atoms with Crippen LogP contribution in [0.5, 0.6) is 11.5 Å². The van der Waals surface area contributed by atoms with Crippen LogP contribution in [0.1, 0.15) is 31.7 Å². The average Bonchev–Trinajstić information content (AvgIpc) is 3.11. The summed E-state index contributed by atoms with van der Waals surface area (Å²) in [4.78, 5) is 17.5. The van der Waals surface area contributed by atoms with Crippen LogP contribution in [0.15, 0.2) is 41.3 Å². The number of methoxy groups -OCH3 is 1. The summed E-state index contributed by atoms with van der Waals surface area (Å²) in [6, 6.07) is 11.5. The number of rotatable bonds is 9. The molecule has 1 atom stereocenters. The zero-order valence-corrected chi connectivity index (χ0v) is 21.1. The van der Waals surface area contributed by atoms with Crippen molar-refractivity contribution in [1.82, 2.24) is 4.90 Å². The first kappa shape index (κ1) is 26.6. The number of carbonyl (C=O) groups is 1. The third-order valence-electron chi connectivity index (χ3n) is 5.23. The molecule has 176 valence electrons. The summed E-state index contributed by atoms with van der Waals surface area (Å²) in [5, 5.41) is 9.64. The predicted molar refractivity (Wildman–Crippen MR) is 133 cm³/mol. The molecule has 3 rings (SSSR count). The first-order valence-electron chi connectivity index (χ1n) is 10.3. The van der Waals surface area contributed by atoms with E-state index in [1.54, 1.807) is 36.8 Å². The number of aliphatic hydroxyl groups is 1. The minimum Gasteiger partial charge on any atom is -0.497 e.